The van der Waals surface area contributed by atoms with Crippen molar-refractivity contribution < 1.29 is 27.5 Å². The predicted molar refractivity (Wildman–Crippen MR) is 32.3 cm³/mol. The van der Waals surface area contributed by atoms with Gasteiger partial charge in [0.05, 0.1) is 13.5 Å². The van der Waals surface area contributed by atoms with Gasteiger partial charge in [0, 0.05) is 6.42 Å². The topological polar surface area (TPSA) is 43.4 Å². The van der Waals surface area contributed by atoms with Gasteiger partial charge in [0.1, 0.15) is 0 Å². The lowest BCUT2D eigenvalue weighted by molar-refractivity contribution is -0.171. The van der Waals surface area contributed by atoms with Crippen LogP contribution in [0.5, 0.6) is 0 Å². The number of methoxy groups -OCH3 is 1. The molecule has 6 heteroatoms. The molecule has 0 aliphatic heterocycles. The molecule has 0 aliphatic rings. The molecular weight excluding hydrogens is 177 g/mol. The first-order valence-corrected chi connectivity index (χ1v) is 3.04. The van der Waals surface area contributed by atoms with Gasteiger partial charge in [0.2, 0.25) is 5.78 Å². The first kappa shape index (κ1) is 10.9. The minimum Gasteiger partial charge on any atom is -0.469 e. The van der Waals surface area contributed by atoms with Gasteiger partial charge in [-0.1, -0.05) is 0 Å². The smallest absolute Gasteiger partial charge is 0.449 e. The number of hydrogen-bond donors (Lipinski definition) is 0. The zero-order chi connectivity index (χ0) is 9.78. The SMILES string of the molecule is COC(=O)CCC(=O)C(F)(F)F. The minimum atomic E-state index is -4.85. The third-order valence-corrected chi connectivity index (χ3v) is 1.10. The van der Waals surface area contributed by atoms with Crippen LogP contribution in [-0.4, -0.2) is 25.0 Å². The molecule has 70 valence electrons. The van der Waals surface area contributed by atoms with Crippen molar-refractivity contribution in [3.63, 3.8) is 0 Å². The highest BCUT2D eigenvalue weighted by Crippen LogP contribution is 2.18. The Morgan fingerprint density at radius 2 is 1.75 bits per heavy atom. The molecule has 0 heterocycles. The number of alkyl halides is 3. The Kier molecular flexibility index (Phi) is 3.72. The maximum Gasteiger partial charge on any atom is 0.449 e. The number of halogens is 3. The highest BCUT2D eigenvalue weighted by Gasteiger charge is 2.37. The van der Waals surface area contributed by atoms with Gasteiger partial charge in [0.25, 0.3) is 0 Å². The molecule has 0 unspecified atom stereocenters. The van der Waals surface area contributed by atoms with Crippen LogP contribution in [0.25, 0.3) is 0 Å². The molecule has 0 saturated heterocycles. The van der Waals surface area contributed by atoms with Gasteiger partial charge >= 0.3 is 12.1 Å². The van der Waals surface area contributed by atoms with Crippen molar-refractivity contribution in [2.24, 2.45) is 0 Å². The molecule has 0 fully saturated rings. The summed E-state index contributed by atoms with van der Waals surface area (Å²) in [6.07, 6.45) is -6.24. The van der Waals surface area contributed by atoms with Crippen LogP contribution >= 0.6 is 0 Å². The van der Waals surface area contributed by atoms with E-state index in [1.54, 1.807) is 0 Å². The molecule has 3 nitrogen and oxygen atoms in total. The van der Waals surface area contributed by atoms with Crippen LogP contribution in [-0.2, 0) is 14.3 Å². The summed E-state index contributed by atoms with van der Waals surface area (Å²) in [6.45, 7) is 0. The predicted octanol–water partition coefficient (Wildman–Crippen LogP) is 1.07. The minimum absolute atomic E-state index is 0.533. The Bertz CT molecular complexity index is 185. The van der Waals surface area contributed by atoms with Crippen LogP contribution in [0, 0.1) is 0 Å². The summed E-state index contributed by atoms with van der Waals surface area (Å²) in [7, 11) is 1.04. The van der Waals surface area contributed by atoms with Gasteiger partial charge in [-0.2, -0.15) is 13.2 Å². The Hall–Kier alpha value is -1.07. The third-order valence-electron chi connectivity index (χ3n) is 1.10. The number of rotatable bonds is 3. The number of carbonyl (C=O) groups is 2. The zero-order valence-corrected chi connectivity index (χ0v) is 6.27. The van der Waals surface area contributed by atoms with Crippen LogP contribution < -0.4 is 0 Å². The summed E-state index contributed by atoms with van der Waals surface area (Å²) in [5.41, 5.74) is 0. The van der Waals surface area contributed by atoms with E-state index < -0.39 is 30.8 Å². The van der Waals surface area contributed by atoms with Crippen LogP contribution in [0.2, 0.25) is 0 Å². The lowest BCUT2D eigenvalue weighted by Crippen LogP contribution is -2.23. The van der Waals surface area contributed by atoms with Crippen LogP contribution in [0.1, 0.15) is 12.8 Å². The fraction of sp³-hybridized carbons (Fsp3) is 0.667. The Labute approximate surface area is 66.5 Å². The van der Waals surface area contributed by atoms with E-state index in [0.717, 1.165) is 7.11 Å². The number of Topliss-reactive ketones (excluding diaryl/α,β-unsaturated/α-hetero) is 1. The second kappa shape index (κ2) is 4.08. The van der Waals surface area contributed by atoms with Gasteiger partial charge < -0.3 is 4.74 Å². The molecule has 0 aliphatic carbocycles. The molecule has 0 radical (unpaired) electrons. The van der Waals surface area contributed by atoms with Gasteiger partial charge in [-0.15, -0.1) is 0 Å². The lowest BCUT2D eigenvalue weighted by atomic mass is 10.2. The molecule has 0 amide bonds. The van der Waals surface area contributed by atoms with E-state index in [1.165, 1.54) is 0 Å². The maximum absolute atomic E-state index is 11.5. The van der Waals surface area contributed by atoms with Gasteiger partial charge in [-0.25, -0.2) is 0 Å². The van der Waals surface area contributed by atoms with Crippen LogP contribution in [0.15, 0.2) is 0 Å². The van der Waals surface area contributed by atoms with Crippen molar-refractivity contribution in [2.75, 3.05) is 7.11 Å². The van der Waals surface area contributed by atoms with Crippen molar-refractivity contribution in [2.45, 2.75) is 19.0 Å². The quantitative estimate of drug-likeness (QED) is 0.616. The average molecular weight is 184 g/mol. The van der Waals surface area contributed by atoms with Crippen LogP contribution in [0.3, 0.4) is 0 Å². The average Bonchev–Trinajstić information content (AvgIpc) is 1.97. The summed E-state index contributed by atoms with van der Waals surface area (Å²) < 4.78 is 38.6. The number of ketones is 1. The van der Waals surface area contributed by atoms with Crippen molar-refractivity contribution in [3.8, 4) is 0 Å². The normalized spacial score (nSPS) is 11.0. The number of hydrogen-bond acceptors (Lipinski definition) is 3. The summed E-state index contributed by atoms with van der Waals surface area (Å²) >= 11 is 0. The van der Waals surface area contributed by atoms with E-state index in [2.05, 4.69) is 4.74 Å². The first-order valence-electron chi connectivity index (χ1n) is 3.04. The summed E-state index contributed by atoms with van der Waals surface area (Å²) in [5, 5.41) is 0. The standard InChI is InChI=1S/C6H7F3O3/c1-12-5(11)3-2-4(10)6(7,8)9/h2-3H2,1H3. The van der Waals surface area contributed by atoms with Gasteiger partial charge in [0.15, 0.2) is 0 Å². The molecule has 12 heavy (non-hydrogen) atoms. The molecule has 0 bridgehead atoms. The van der Waals surface area contributed by atoms with Crippen molar-refractivity contribution in [3.05, 3.63) is 0 Å². The van der Waals surface area contributed by atoms with E-state index >= 15 is 0 Å². The lowest BCUT2D eigenvalue weighted by Gasteiger charge is -2.03. The number of carbonyl (C=O) groups excluding carboxylic acids is 2. The van der Waals surface area contributed by atoms with E-state index in [1.807, 2.05) is 0 Å². The molecule has 0 atom stereocenters. The van der Waals surface area contributed by atoms with Gasteiger partial charge in [-0.3, -0.25) is 9.59 Å². The van der Waals surface area contributed by atoms with Crippen molar-refractivity contribution >= 4 is 11.8 Å². The molecular formula is C6H7F3O3. The summed E-state index contributed by atoms with van der Waals surface area (Å²) in [5.74, 6) is -2.74. The molecule has 0 saturated carbocycles. The largest absolute Gasteiger partial charge is 0.469 e. The Balaban J connectivity index is 3.81. The maximum atomic E-state index is 11.5. The fourth-order valence-electron chi connectivity index (χ4n) is 0.459. The monoisotopic (exact) mass is 184 g/mol. The first-order chi connectivity index (χ1) is 5.38. The molecule has 0 spiro atoms. The van der Waals surface area contributed by atoms with E-state index in [4.69, 9.17) is 0 Å². The second-order valence-corrected chi connectivity index (χ2v) is 2.00. The zero-order valence-electron chi connectivity index (χ0n) is 6.27. The summed E-state index contributed by atoms with van der Waals surface area (Å²) in [4.78, 5) is 20.5. The van der Waals surface area contributed by atoms with E-state index in [9.17, 15) is 22.8 Å². The fourth-order valence-corrected chi connectivity index (χ4v) is 0.459. The molecule has 0 aromatic carbocycles. The Morgan fingerprint density at radius 1 is 1.25 bits per heavy atom. The molecule has 0 N–H and O–H groups in total. The van der Waals surface area contributed by atoms with Crippen molar-refractivity contribution in [1.29, 1.82) is 0 Å². The second-order valence-electron chi connectivity index (χ2n) is 2.00. The molecule has 0 aromatic heterocycles. The number of ether oxygens (including phenoxy) is 1. The molecule has 0 rings (SSSR count). The number of esters is 1. The Morgan fingerprint density at radius 3 is 2.08 bits per heavy atom. The van der Waals surface area contributed by atoms with Crippen molar-refractivity contribution in [1.82, 2.24) is 0 Å². The molecule has 0 aromatic rings. The van der Waals surface area contributed by atoms with E-state index in [0.29, 0.717) is 0 Å². The highest BCUT2D eigenvalue weighted by molar-refractivity contribution is 5.87. The third kappa shape index (κ3) is 3.95. The highest BCUT2D eigenvalue weighted by atomic mass is 19.4. The van der Waals surface area contributed by atoms with E-state index in [-0.39, 0.29) is 0 Å². The van der Waals surface area contributed by atoms with Gasteiger partial charge in [-0.05, 0) is 0 Å². The summed E-state index contributed by atoms with van der Waals surface area (Å²) in [6, 6.07) is 0. The van der Waals surface area contributed by atoms with Crippen LogP contribution in [0.4, 0.5) is 13.2 Å².